The average Bonchev–Trinajstić information content (AvgIpc) is 2.39. The van der Waals surface area contributed by atoms with Gasteiger partial charge in [0.2, 0.25) is 5.82 Å². The molecule has 7 heteroatoms. The quantitative estimate of drug-likeness (QED) is 0.941. The maximum atomic E-state index is 13.2. The molecule has 0 saturated heterocycles. The molecule has 1 aromatic heterocycles. The number of hydrogen-bond acceptors (Lipinski definition) is 3. The molecule has 0 aliphatic heterocycles. The van der Waals surface area contributed by atoms with Crippen LogP contribution in [0.15, 0.2) is 34.0 Å². The van der Waals surface area contributed by atoms with E-state index in [-0.39, 0.29) is 12.6 Å². The number of hydrogen-bond donors (Lipinski definition) is 1. The SMILES string of the molecule is CC(C)Oc1ccc(Cn2cc(F)c(=O)[nH]c2=O)cc1Cl. The number of halogens is 2. The summed E-state index contributed by atoms with van der Waals surface area (Å²) in [7, 11) is 0. The largest absolute Gasteiger partial charge is 0.489 e. The Hall–Kier alpha value is -2.08. The first-order chi connectivity index (χ1) is 9.86. The van der Waals surface area contributed by atoms with Crippen LogP contribution in [0, 0.1) is 5.82 Å². The third-order valence-electron chi connectivity index (χ3n) is 2.68. The predicted molar refractivity (Wildman–Crippen MR) is 77.6 cm³/mol. The number of ether oxygens (including phenoxy) is 1. The summed E-state index contributed by atoms with van der Waals surface area (Å²) in [5, 5.41) is 0.402. The van der Waals surface area contributed by atoms with Crippen LogP contribution in [0.1, 0.15) is 19.4 Å². The molecule has 0 fully saturated rings. The van der Waals surface area contributed by atoms with E-state index in [1.165, 1.54) is 0 Å². The van der Waals surface area contributed by atoms with E-state index in [4.69, 9.17) is 16.3 Å². The fourth-order valence-electron chi connectivity index (χ4n) is 1.79. The van der Waals surface area contributed by atoms with Crippen molar-refractivity contribution in [1.29, 1.82) is 0 Å². The lowest BCUT2D eigenvalue weighted by Crippen LogP contribution is -2.31. The number of nitrogens with zero attached hydrogens (tertiary/aromatic N) is 1. The minimum Gasteiger partial charge on any atom is -0.489 e. The van der Waals surface area contributed by atoms with E-state index in [9.17, 15) is 14.0 Å². The lowest BCUT2D eigenvalue weighted by Gasteiger charge is -2.12. The molecule has 0 bridgehead atoms. The summed E-state index contributed by atoms with van der Waals surface area (Å²) >= 11 is 6.09. The molecule has 0 saturated carbocycles. The summed E-state index contributed by atoms with van der Waals surface area (Å²) in [4.78, 5) is 24.4. The molecule has 0 aliphatic carbocycles. The lowest BCUT2D eigenvalue weighted by molar-refractivity contribution is 0.242. The number of nitrogens with one attached hydrogen (secondary N) is 1. The zero-order valence-corrected chi connectivity index (χ0v) is 12.3. The normalized spacial score (nSPS) is 10.9. The highest BCUT2D eigenvalue weighted by atomic mass is 35.5. The molecule has 0 amide bonds. The molecule has 1 N–H and O–H groups in total. The second-order valence-corrected chi connectivity index (χ2v) is 5.20. The summed E-state index contributed by atoms with van der Waals surface area (Å²) in [6, 6.07) is 5.04. The molecular weight excluding hydrogens is 299 g/mol. The van der Waals surface area contributed by atoms with Crippen LogP contribution >= 0.6 is 11.6 Å². The van der Waals surface area contributed by atoms with E-state index in [0.717, 1.165) is 10.8 Å². The first-order valence-electron chi connectivity index (χ1n) is 6.31. The summed E-state index contributed by atoms with van der Waals surface area (Å²) < 4.78 is 19.8. The molecule has 2 rings (SSSR count). The fraction of sp³-hybridized carbons (Fsp3) is 0.286. The summed E-state index contributed by atoms with van der Waals surface area (Å²) in [6.45, 7) is 3.86. The first kappa shape index (κ1) is 15.3. The van der Waals surface area contributed by atoms with E-state index >= 15 is 0 Å². The fourth-order valence-corrected chi connectivity index (χ4v) is 2.04. The van der Waals surface area contributed by atoms with E-state index in [1.807, 2.05) is 18.8 Å². The van der Waals surface area contributed by atoms with Gasteiger partial charge in [0.1, 0.15) is 5.75 Å². The van der Waals surface area contributed by atoms with E-state index < -0.39 is 17.1 Å². The molecule has 5 nitrogen and oxygen atoms in total. The Morgan fingerprint density at radius 3 is 2.71 bits per heavy atom. The van der Waals surface area contributed by atoms with Crippen molar-refractivity contribution in [2.24, 2.45) is 0 Å². The molecule has 0 radical (unpaired) electrons. The Labute approximate surface area is 125 Å². The molecule has 0 atom stereocenters. The van der Waals surface area contributed by atoms with Crippen LogP contribution in [0.4, 0.5) is 4.39 Å². The van der Waals surface area contributed by atoms with Crippen molar-refractivity contribution in [1.82, 2.24) is 9.55 Å². The van der Waals surface area contributed by atoms with Crippen molar-refractivity contribution in [2.45, 2.75) is 26.5 Å². The second kappa shape index (κ2) is 6.13. The lowest BCUT2D eigenvalue weighted by atomic mass is 10.2. The highest BCUT2D eigenvalue weighted by Crippen LogP contribution is 2.26. The zero-order valence-electron chi connectivity index (χ0n) is 11.5. The van der Waals surface area contributed by atoms with Crippen LogP contribution in [-0.4, -0.2) is 15.7 Å². The van der Waals surface area contributed by atoms with Gasteiger partial charge in [-0.25, -0.2) is 4.79 Å². The maximum Gasteiger partial charge on any atom is 0.328 e. The van der Waals surface area contributed by atoms with Gasteiger partial charge in [-0.3, -0.25) is 14.3 Å². The minimum absolute atomic E-state index is 0.00994. The van der Waals surface area contributed by atoms with Gasteiger partial charge >= 0.3 is 5.69 Å². The molecule has 0 spiro atoms. The molecular formula is C14H14ClFN2O3. The van der Waals surface area contributed by atoms with Crippen molar-refractivity contribution in [3.05, 3.63) is 61.6 Å². The third-order valence-corrected chi connectivity index (χ3v) is 2.97. The molecule has 112 valence electrons. The van der Waals surface area contributed by atoms with Gasteiger partial charge in [0.15, 0.2) is 0 Å². The standard InChI is InChI=1S/C14H14ClFN2O3/c1-8(2)21-12-4-3-9(5-10(12)15)6-18-7-11(16)13(19)17-14(18)20/h3-5,7-8H,6H2,1-2H3,(H,17,19,20). The highest BCUT2D eigenvalue weighted by Gasteiger charge is 2.08. The monoisotopic (exact) mass is 312 g/mol. The molecule has 0 aliphatic rings. The Morgan fingerprint density at radius 1 is 1.38 bits per heavy atom. The Bertz CT molecular complexity index is 768. The Kier molecular flexibility index (Phi) is 4.47. The van der Waals surface area contributed by atoms with Gasteiger partial charge in [-0.2, -0.15) is 4.39 Å². The zero-order chi connectivity index (χ0) is 15.6. The average molecular weight is 313 g/mol. The van der Waals surface area contributed by atoms with Crippen LogP contribution in [0.5, 0.6) is 5.75 Å². The summed E-state index contributed by atoms with van der Waals surface area (Å²) in [6.07, 6.45) is 0.859. The second-order valence-electron chi connectivity index (χ2n) is 4.80. The van der Waals surface area contributed by atoms with Crippen molar-refractivity contribution in [3.63, 3.8) is 0 Å². The molecule has 1 aromatic carbocycles. The Balaban J connectivity index is 2.29. The first-order valence-corrected chi connectivity index (χ1v) is 6.69. The maximum absolute atomic E-state index is 13.2. The Morgan fingerprint density at radius 2 is 2.10 bits per heavy atom. The van der Waals surface area contributed by atoms with Crippen molar-refractivity contribution < 1.29 is 9.13 Å². The molecule has 0 unspecified atom stereocenters. The van der Waals surface area contributed by atoms with Crippen LogP contribution in [0.2, 0.25) is 5.02 Å². The number of aromatic nitrogens is 2. The van der Waals surface area contributed by atoms with Crippen LogP contribution in [0.3, 0.4) is 0 Å². The van der Waals surface area contributed by atoms with Crippen LogP contribution < -0.4 is 16.0 Å². The predicted octanol–water partition coefficient (Wildman–Crippen LogP) is 2.16. The van der Waals surface area contributed by atoms with Crippen molar-refractivity contribution in [2.75, 3.05) is 0 Å². The van der Waals surface area contributed by atoms with Gasteiger partial charge in [0.25, 0.3) is 5.56 Å². The number of H-pyrrole nitrogens is 1. The number of aromatic amines is 1. The smallest absolute Gasteiger partial charge is 0.328 e. The van der Waals surface area contributed by atoms with Gasteiger partial charge < -0.3 is 4.74 Å². The topological polar surface area (TPSA) is 64.1 Å². The van der Waals surface area contributed by atoms with Gasteiger partial charge in [0, 0.05) is 0 Å². The number of rotatable bonds is 4. The van der Waals surface area contributed by atoms with Crippen molar-refractivity contribution >= 4 is 11.6 Å². The van der Waals surface area contributed by atoms with E-state index in [0.29, 0.717) is 16.3 Å². The van der Waals surface area contributed by atoms with Gasteiger partial charge in [-0.1, -0.05) is 17.7 Å². The van der Waals surface area contributed by atoms with Crippen LogP contribution in [0.25, 0.3) is 0 Å². The highest BCUT2D eigenvalue weighted by molar-refractivity contribution is 6.32. The summed E-state index contributed by atoms with van der Waals surface area (Å²) in [5.74, 6) is -0.476. The van der Waals surface area contributed by atoms with Gasteiger partial charge in [-0.05, 0) is 31.5 Å². The molecule has 21 heavy (non-hydrogen) atoms. The van der Waals surface area contributed by atoms with E-state index in [1.54, 1.807) is 18.2 Å². The van der Waals surface area contributed by atoms with Crippen LogP contribution in [-0.2, 0) is 6.54 Å². The molecule has 2 aromatic rings. The molecule has 1 heterocycles. The minimum atomic E-state index is -1.03. The summed E-state index contributed by atoms with van der Waals surface area (Å²) in [5.41, 5.74) is -1.03. The van der Waals surface area contributed by atoms with Gasteiger partial charge in [-0.15, -0.1) is 0 Å². The van der Waals surface area contributed by atoms with Crippen molar-refractivity contribution in [3.8, 4) is 5.75 Å². The van der Waals surface area contributed by atoms with E-state index in [2.05, 4.69) is 0 Å². The number of benzene rings is 1. The third kappa shape index (κ3) is 3.72. The van der Waals surface area contributed by atoms with Gasteiger partial charge in [0.05, 0.1) is 23.9 Å².